The van der Waals surface area contributed by atoms with Gasteiger partial charge in [-0.1, -0.05) is 13.8 Å². The zero-order chi connectivity index (χ0) is 10.3. The van der Waals surface area contributed by atoms with Gasteiger partial charge in [0.05, 0.1) is 5.75 Å². The highest BCUT2D eigenvalue weighted by Crippen LogP contribution is 2.00. The summed E-state index contributed by atoms with van der Waals surface area (Å²) in [6.45, 7) is 6.78. The third kappa shape index (κ3) is 7.02. The number of sulfone groups is 1. The lowest BCUT2D eigenvalue weighted by atomic mass is 10.2. The molecule has 0 radical (unpaired) electrons. The first-order chi connectivity index (χ1) is 6.02. The lowest BCUT2D eigenvalue weighted by molar-refractivity contribution is 0.521. The van der Waals surface area contributed by atoms with Crippen LogP contribution in [0.15, 0.2) is 0 Å². The molecule has 0 aliphatic rings. The van der Waals surface area contributed by atoms with Gasteiger partial charge in [0.15, 0.2) is 0 Å². The Labute approximate surface area is 81.8 Å². The van der Waals surface area contributed by atoms with Crippen molar-refractivity contribution in [3.63, 3.8) is 0 Å². The summed E-state index contributed by atoms with van der Waals surface area (Å²) in [6.07, 6.45) is 1.71. The number of rotatable bonds is 7. The average Bonchev–Trinajstić information content (AvgIpc) is 2.05. The van der Waals surface area contributed by atoms with Gasteiger partial charge in [0.25, 0.3) is 0 Å². The van der Waals surface area contributed by atoms with Crippen LogP contribution in [-0.4, -0.2) is 32.5 Å². The minimum Gasteiger partial charge on any atom is -0.315 e. The smallest absolute Gasteiger partial charge is 0.150 e. The van der Waals surface area contributed by atoms with Crippen LogP contribution in [0.25, 0.3) is 0 Å². The molecule has 0 saturated carbocycles. The Morgan fingerprint density at radius 1 is 1.31 bits per heavy atom. The topological polar surface area (TPSA) is 46.2 Å². The summed E-state index contributed by atoms with van der Waals surface area (Å²) >= 11 is 0. The van der Waals surface area contributed by atoms with E-state index in [9.17, 15) is 8.42 Å². The van der Waals surface area contributed by atoms with Crippen molar-refractivity contribution >= 4 is 9.84 Å². The molecular formula is C9H21NO2S. The summed E-state index contributed by atoms with van der Waals surface area (Å²) in [4.78, 5) is 0. The quantitative estimate of drug-likeness (QED) is 0.682. The predicted octanol–water partition coefficient (Wildman–Crippen LogP) is 1.20. The largest absolute Gasteiger partial charge is 0.315 e. The Balaban J connectivity index is 3.56. The van der Waals surface area contributed by atoms with E-state index >= 15 is 0 Å². The molecule has 0 bridgehead atoms. The molecule has 1 N–H and O–H groups in total. The Hall–Kier alpha value is -0.0900. The number of hydrogen-bond acceptors (Lipinski definition) is 3. The maximum Gasteiger partial charge on any atom is 0.150 e. The third-order valence-corrected chi connectivity index (χ3v) is 3.88. The highest BCUT2D eigenvalue weighted by atomic mass is 32.2. The van der Waals surface area contributed by atoms with E-state index in [0.29, 0.717) is 11.8 Å². The first-order valence-electron chi connectivity index (χ1n) is 4.95. The third-order valence-electron chi connectivity index (χ3n) is 2.08. The summed E-state index contributed by atoms with van der Waals surface area (Å²) in [5, 5.41) is 3.25. The highest BCUT2D eigenvalue weighted by Gasteiger charge is 2.07. The van der Waals surface area contributed by atoms with Crippen LogP contribution in [0.1, 0.15) is 33.6 Å². The first kappa shape index (κ1) is 12.9. The Bertz CT molecular complexity index is 212. The van der Waals surface area contributed by atoms with E-state index in [1.54, 1.807) is 6.92 Å². The Morgan fingerprint density at radius 2 is 1.92 bits per heavy atom. The van der Waals surface area contributed by atoms with Gasteiger partial charge in [-0.25, -0.2) is 8.42 Å². The molecule has 0 aliphatic heterocycles. The summed E-state index contributed by atoms with van der Waals surface area (Å²) < 4.78 is 22.2. The molecule has 0 saturated heterocycles. The zero-order valence-corrected chi connectivity index (χ0v) is 9.65. The molecule has 0 rings (SSSR count). The van der Waals surface area contributed by atoms with Gasteiger partial charge >= 0.3 is 0 Å². The maximum atomic E-state index is 11.1. The summed E-state index contributed by atoms with van der Waals surface area (Å²) in [5.74, 6) is 0.599. The van der Waals surface area contributed by atoms with Crippen molar-refractivity contribution in [2.24, 2.45) is 0 Å². The highest BCUT2D eigenvalue weighted by molar-refractivity contribution is 7.91. The fraction of sp³-hybridized carbons (Fsp3) is 1.00. The van der Waals surface area contributed by atoms with Crippen LogP contribution < -0.4 is 5.32 Å². The van der Waals surface area contributed by atoms with Crippen molar-refractivity contribution in [2.45, 2.75) is 39.7 Å². The molecule has 0 fully saturated rings. The molecule has 0 aromatic carbocycles. The van der Waals surface area contributed by atoms with Gasteiger partial charge < -0.3 is 5.32 Å². The average molecular weight is 207 g/mol. The van der Waals surface area contributed by atoms with Crippen LogP contribution in [0.3, 0.4) is 0 Å². The van der Waals surface area contributed by atoms with Crippen molar-refractivity contribution in [3.05, 3.63) is 0 Å². The first-order valence-corrected chi connectivity index (χ1v) is 6.77. The van der Waals surface area contributed by atoms with Crippen molar-refractivity contribution in [3.8, 4) is 0 Å². The Kier molecular flexibility index (Phi) is 6.33. The van der Waals surface area contributed by atoms with E-state index in [1.165, 1.54) is 0 Å². The van der Waals surface area contributed by atoms with E-state index in [4.69, 9.17) is 0 Å². The van der Waals surface area contributed by atoms with E-state index in [0.717, 1.165) is 19.4 Å². The molecular weight excluding hydrogens is 186 g/mol. The van der Waals surface area contributed by atoms with Gasteiger partial charge in [0.1, 0.15) is 9.84 Å². The van der Waals surface area contributed by atoms with Gasteiger partial charge in [0.2, 0.25) is 0 Å². The molecule has 0 heterocycles. The van der Waals surface area contributed by atoms with Crippen LogP contribution in [-0.2, 0) is 9.84 Å². The summed E-state index contributed by atoms with van der Waals surface area (Å²) in [7, 11) is -2.76. The molecule has 0 spiro atoms. The summed E-state index contributed by atoms with van der Waals surface area (Å²) in [5.41, 5.74) is 0. The second kappa shape index (κ2) is 6.38. The number of hydrogen-bond donors (Lipinski definition) is 1. The lowest BCUT2D eigenvalue weighted by Crippen LogP contribution is -2.26. The van der Waals surface area contributed by atoms with Gasteiger partial charge in [-0.3, -0.25) is 0 Å². The fourth-order valence-electron chi connectivity index (χ4n) is 1.20. The minimum atomic E-state index is -2.76. The van der Waals surface area contributed by atoms with Crippen molar-refractivity contribution in [2.75, 3.05) is 18.1 Å². The van der Waals surface area contributed by atoms with E-state index in [2.05, 4.69) is 19.2 Å². The Morgan fingerprint density at radius 3 is 2.38 bits per heavy atom. The lowest BCUT2D eigenvalue weighted by Gasteiger charge is -2.11. The normalized spacial score (nSPS) is 14.4. The fourth-order valence-corrected chi connectivity index (χ4v) is 2.10. The van der Waals surface area contributed by atoms with Gasteiger partial charge in [-0.15, -0.1) is 0 Å². The van der Waals surface area contributed by atoms with Crippen LogP contribution in [0.5, 0.6) is 0 Å². The minimum absolute atomic E-state index is 0.266. The predicted molar refractivity (Wildman–Crippen MR) is 56.7 cm³/mol. The standard InChI is InChI=1S/C9H21NO2S/c1-4-10-9(3)7-6-8-13(11,12)5-2/h9-10H,4-8H2,1-3H3. The zero-order valence-electron chi connectivity index (χ0n) is 8.84. The SMILES string of the molecule is CCNC(C)CCCS(=O)(=O)CC. The van der Waals surface area contributed by atoms with Crippen LogP contribution in [0.2, 0.25) is 0 Å². The molecule has 0 aliphatic carbocycles. The monoisotopic (exact) mass is 207 g/mol. The van der Waals surface area contributed by atoms with Gasteiger partial charge in [-0.05, 0) is 26.3 Å². The second-order valence-corrected chi connectivity index (χ2v) is 5.81. The number of nitrogens with one attached hydrogen (secondary N) is 1. The van der Waals surface area contributed by atoms with Crippen molar-refractivity contribution in [1.82, 2.24) is 5.32 Å². The van der Waals surface area contributed by atoms with E-state index < -0.39 is 9.84 Å². The van der Waals surface area contributed by atoms with E-state index in [-0.39, 0.29) is 5.75 Å². The summed E-state index contributed by atoms with van der Waals surface area (Å²) in [6, 6.07) is 0.428. The molecule has 3 nitrogen and oxygen atoms in total. The van der Waals surface area contributed by atoms with Crippen LogP contribution >= 0.6 is 0 Å². The van der Waals surface area contributed by atoms with E-state index in [1.807, 2.05) is 0 Å². The molecule has 4 heteroatoms. The van der Waals surface area contributed by atoms with Crippen LogP contribution in [0.4, 0.5) is 0 Å². The molecule has 0 amide bonds. The maximum absolute atomic E-state index is 11.1. The van der Waals surface area contributed by atoms with Gasteiger partial charge in [-0.2, -0.15) is 0 Å². The van der Waals surface area contributed by atoms with Crippen LogP contribution in [0, 0.1) is 0 Å². The molecule has 0 aromatic heterocycles. The molecule has 13 heavy (non-hydrogen) atoms. The van der Waals surface area contributed by atoms with Crippen molar-refractivity contribution < 1.29 is 8.42 Å². The van der Waals surface area contributed by atoms with Crippen molar-refractivity contribution in [1.29, 1.82) is 0 Å². The molecule has 1 atom stereocenters. The molecule has 1 unspecified atom stereocenters. The molecule has 0 aromatic rings. The second-order valence-electron chi connectivity index (χ2n) is 3.34. The van der Waals surface area contributed by atoms with Gasteiger partial charge in [0, 0.05) is 11.8 Å². The molecule has 80 valence electrons.